The summed E-state index contributed by atoms with van der Waals surface area (Å²) >= 11 is 0. The lowest BCUT2D eigenvalue weighted by molar-refractivity contribution is -0.193. The van der Waals surface area contributed by atoms with Crippen LogP contribution < -0.4 is 21.7 Å². The van der Waals surface area contributed by atoms with Crippen molar-refractivity contribution in [2.24, 2.45) is 40.2 Å². The van der Waals surface area contributed by atoms with Gasteiger partial charge >= 0.3 is 18.4 Å². The van der Waals surface area contributed by atoms with Crippen LogP contribution in [0.2, 0.25) is 0 Å². The van der Waals surface area contributed by atoms with Gasteiger partial charge in [0.25, 0.3) is 0 Å². The third kappa shape index (κ3) is 31.7. The van der Waals surface area contributed by atoms with Crippen LogP contribution in [0.15, 0.2) is 66.7 Å². The third-order valence-corrected chi connectivity index (χ3v) is 11.0. The number of benzene rings is 3. The van der Waals surface area contributed by atoms with Gasteiger partial charge in [-0.15, -0.1) is 0 Å². The molecular weight excluding hydrogens is 857 g/mol. The number of nitrogens with two attached hydrogens (primary N) is 1. The van der Waals surface area contributed by atoms with E-state index in [9.17, 15) is 24.6 Å². The molecule has 0 spiro atoms. The average Bonchev–Trinajstić information content (AvgIpc) is 3.24. The lowest BCUT2D eigenvalue weighted by Crippen LogP contribution is -2.26. The summed E-state index contributed by atoms with van der Waals surface area (Å²) in [6.07, 6.45) is 5.80. The van der Waals surface area contributed by atoms with Crippen LogP contribution in [-0.4, -0.2) is 65.7 Å². The number of aromatic hydroxyl groups is 2. The second-order valence-electron chi connectivity index (χ2n) is 18.6. The third-order valence-electron chi connectivity index (χ3n) is 11.0. The minimum Gasteiger partial charge on any atom is -0.506 e. The van der Waals surface area contributed by atoms with E-state index in [1.165, 1.54) is 0 Å². The summed E-state index contributed by atoms with van der Waals surface area (Å²) in [5.74, 6) is 2.12. The van der Waals surface area contributed by atoms with E-state index >= 15 is 0 Å². The zero-order valence-corrected chi connectivity index (χ0v) is 41.1. The zero-order chi connectivity index (χ0) is 50.9. The molecular formula is C52H82N4O11. The first kappa shape index (κ1) is 65.4. The Kier molecular flexibility index (Phi) is 35.4. The lowest BCUT2D eigenvalue weighted by atomic mass is 9.76. The summed E-state index contributed by atoms with van der Waals surface area (Å²) in [4.78, 5) is 68.5. The molecule has 0 aliphatic heterocycles. The van der Waals surface area contributed by atoms with E-state index in [1.54, 1.807) is 12.1 Å². The quantitative estimate of drug-likeness (QED) is 0.0438. The highest BCUT2D eigenvalue weighted by Crippen LogP contribution is 2.34. The number of alkyl carbamates (subject to hydrolysis) is 1. The topological polar surface area (TPSA) is 252 Å². The molecule has 67 heavy (non-hydrogen) atoms. The number of nitrogens with one attached hydrogen (secondary N) is 3. The van der Waals surface area contributed by atoms with Gasteiger partial charge < -0.3 is 41.7 Å². The summed E-state index contributed by atoms with van der Waals surface area (Å²) in [5.41, 5.74) is 10.1. The van der Waals surface area contributed by atoms with Crippen molar-refractivity contribution >= 4 is 41.6 Å². The van der Waals surface area contributed by atoms with E-state index in [0.29, 0.717) is 72.8 Å². The zero-order valence-electron chi connectivity index (χ0n) is 41.1. The molecule has 0 saturated heterocycles. The second kappa shape index (κ2) is 36.3. The molecule has 3 aromatic carbocycles. The van der Waals surface area contributed by atoms with Crippen LogP contribution in [0.25, 0.3) is 0 Å². The van der Waals surface area contributed by atoms with Crippen LogP contribution in [0.5, 0.6) is 11.5 Å². The minimum absolute atomic E-state index is 0. The van der Waals surface area contributed by atoms with Gasteiger partial charge in [0.1, 0.15) is 18.1 Å². The highest BCUT2D eigenvalue weighted by molar-refractivity contribution is 5.93. The van der Waals surface area contributed by atoms with Gasteiger partial charge in [-0.05, 0) is 121 Å². The molecule has 0 saturated carbocycles. The van der Waals surface area contributed by atoms with Crippen LogP contribution in [-0.2, 0) is 53.0 Å². The summed E-state index contributed by atoms with van der Waals surface area (Å²) < 4.78 is 5.15. The molecule has 3 aromatic rings. The first-order valence-electron chi connectivity index (χ1n) is 22.3. The Hall–Kier alpha value is -5.85. The van der Waals surface area contributed by atoms with Gasteiger partial charge in [0.2, 0.25) is 11.8 Å². The Bertz CT molecular complexity index is 1890. The van der Waals surface area contributed by atoms with Crippen LogP contribution in [0, 0.1) is 34.5 Å². The van der Waals surface area contributed by atoms with Gasteiger partial charge in [0.15, 0.2) is 0 Å². The summed E-state index contributed by atoms with van der Waals surface area (Å²) in [6.45, 7) is 23.7. The maximum atomic E-state index is 12.3. The fourth-order valence-corrected chi connectivity index (χ4v) is 6.41. The molecule has 0 aromatic heterocycles. The molecule has 0 heterocycles. The predicted molar refractivity (Wildman–Crippen MR) is 263 cm³/mol. The second-order valence-corrected chi connectivity index (χ2v) is 18.6. The van der Waals surface area contributed by atoms with Crippen LogP contribution in [0.3, 0.4) is 0 Å². The summed E-state index contributed by atoms with van der Waals surface area (Å²) in [5, 5.41) is 35.4. The van der Waals surface area contributed by atoms with E-state index in [2.05, 4.69) is 85.2 Å². The van der Waals surface area contributed by atoms with Gasteiger partial charge in [-0.2, -0.15) is 19.2 Å². The number of hydrogen-bond acceptors (Lipinski definition) is 12. The van der Waals surface area contributed by atoms with Crippen molar-refractivity contribution in [3.8, 4) is 11.5 Å². The normalized spacial score (nSPS) is 12.1. The molecule has 3 rings (SSSR count). The van der Waals surface area contributed by atoms with Gasteiger partial charge in [0.05, 0.1) is 11.4 Å². The molecule has 2 unspecified atom stereocenters. The van der Waals surface area contributed by atoms with Crippen LogP contribution in [0.1, 0.15) is 132 Å². The standard InChI is InChI=1S/C28H40N2O4.C20H34N2O2.2CO2.CH4O.CH4/c1-20(16-21(2)28(3,4)5)17-23-13-14-25(31)24(18-23)30-26(32)12-9-15-29-27(33)34-19-22-10-7-6-8-11-22;1-14(11-15(2)20(3,4)5)12-16-8-9-18(23)17(13-16)22-19(24)7-6-10-21;2*2-1-3;1-2;/h6-8,10-11,13-14,18,20-21,31H,9,12,15-17,19H2,1-5H3,(H,29,33)(H,30,32);8-9,13-15,23H,6-7,10-12,21H2,1-5H3,(H,22,24);;;2H,1H3;1H4/t20-,21?;14-,15?;;;;/m11..../s1. The van der Waals surface area contributed by atoms with Crippen molar-refractivity contribution in [2.45, 2.75) is 135 Å². The number of amides is 3. The largest absolute Gasteiger partial charge is 0.506 e. The first-order chi connectivity index (χ1) is 31.0. The van der Waals surface area contributed by atoms with Gasteiger partial charge in [-0.1, -0.05) is 119 Å². The number of carbonyl (C=O) groups is 3. The molecule has 15 nitrogen and oxygen atoms in total. The summed E-state index contributed by atoms with van der Waals surface area (Å²) in [6, 6.07) is 20.3. The van der Waals surface area contributed by atoms with E-state index < -0.39 is 6.09 Å². The smallest absolute Gasteiger partial charge is 0.407 e. The molecule has 0 bridgehead atoms. The van der Waals surface area contributed by atoms with Crippen LogP contribution in [0.4, 0.5) is 16.2 Å². The molecule has 15 heteroatoms. The Morgan fingerprint density at radius 1 is 0.642 bits per heavy atom. The predicted octanol–water partition coefficient (Wildman–Crippen LogP) is 9.69. The molecule has 0 aliphatic carbocycles. The molecule has 0 aliphatic rings. The number of anilines is 2. The maximum absolute atomic E-state index is 12.3. The molecule has 3 amide bonds. The number of carbonyl (C=O) groups excluding carboxylic acids is 7. The number of ether oxygens (including phenoxy) is 1. The minimum atomic E-state index is -0.510. The van der Waals surface area contributed by atoms with Gasteiger partial charge in [-0.25, -0.2) is 4.79 Å². The lowest BCUT2D eigenvalue weighted by Gasteiger charge is -2.29. The fourth-order valence-electron chi connectivity index (χ4n) is 6.41. The van der Waals surface area contributed by atoms with Crippen molar-refractivity contribution in [3.05, 3.63) is 83.4 Å². The molecule has 8 N–H and O–H groups in total. The highest BCUT2D eigenvalue weighted by Gasteiger charge is 2.23. The van der Waals surface area contributed by atoms with Gasteiger partial charge in [0, 0.05) is 26.5 Å². The SMILES string of the molecule is C.CC(C[C@@H](C)Cc1ccc(O)c(NC(=O)CCCN)c1)C(C)(C)C.CC(C[C@@H](C)Cc1ccc(O)c(NC(=O)CCCNC(=O)OCc2ccccc2)c1)C(C)(C)C.CO.O=C=O.O=C=O. The number of phenolic OH excluding ortho intramolecular Hbond substituents is 2. The summed E-state index contributed by atoms with van der Waals surface area (Å²) in [7, 11) is 1.00. The van der Waals surface area contributed by atoms with Crippen LogP contribution >= 0.6 is 0 Å². The fraction of sp³-hybridized carbons (Fsp3) is 0.558. The molecule has 376 valence electrons. The maximum Gasteiger partial charge on any atom is 0.407 e. The number of rotatable bonds is 19. The molecule has 0 radical (unpaired) electrons. The van der Waals surface area contributed by atoms with Crippen molar-refractivity contribution < 1.29 is 53.6 Å². The van der Waals surface area contributed by atoms with E-state index in [-0.39, 0.29) is 61.5 Å². The first-order valence-corrected chi connectivity index (χ1v) is 22.3. The van der Waals surface area contributed by atoms with E-state index in [0.717, 1.165) is 49.5 Å². The highest BCUT2D eigenvalue weighted by atomic mass is 16.5. The molecule has 4 atom stereocenters. The van der Waals surface area contributed by atoms with E-state index in [4.69, 9.17) is 34.8 Å². The number of aliphatic hydroxyl groups is 1. The Morgan fingerprint density at radius 2 is 1.03 bits per heavy atom. The Balaban J connectivity index is -0.00000109. The van der Waals surface area contributed by atoms with E-state index in [1.807, 2.05) is 54.6 Å². The number of phenols is 2. The van der Waals surface area contributed by atoms with Crippen molar-refractivity contribution in [3.63, 3.8) is 0 Å². The molecule has 0 fully saturated rings. The number of hydrogen-bond donors (Lipinski definition) is 7. The van der Waals surface area contributed by atoms with Crippen molar-refractivity contribution in [1.29, 1.82) is 0 Å². The Morgan fingerprint density at radius 3 is 1.40 bits per heavy atom. The number of aliphatic hydroxyl groups excluding tert-OH is 1. The average molecular weight is 939 g/mol. The Labute approximate surface area is 400 Å². The monoisotopic (exact) mass is 939 g/mol. The van der Waals surface area contributed by atoms with Crippen molar-refractivity contribution in [2.75, 3.05) is 30.8 Å². The van der Waals surface area contributed by atoms with Gasteiger partial charge in [-0.3, -0.25) is 9.59 Å². The van der Waals surface area contributed by atoms with Crippen molar-refractivity contribution in [1.82, 2.24) is 5.32 Å².